The predicted octanol–water partition coefficient (Wildman–Crippen LogP) is 4.74. The highest BCUT2D eigenvalue weighted by Crippen LogP contribution is 2.39. The van der Waals surface area contributed by atoms with Gasteiger partial charge in [0.25, 0.3) is 0 Å². The van der Waals surface area contributed by atoms with Crippen LogP contribution in [0.1, 0.15) is 35.7 Å². The topological polar surface area (TPSA) is 68.7 Å². The lowest BCUT2D eigenvalue weighted by molar-refractivity contribution is 0.0697. The smallest absolute Gasteiger partial charge is 0.335 e. The summed E-state index contributed by atoms with van der Waals surface area (Å²) in [5, 5.41) is 10.9. The van der Waals surface area contributed by atoms with Crippen LogP contribution < -0.4 is 9.47 Å². The van der Waals surface area contributed by atoms with Crippen LogP contribution in [-0.4, -0.2) is 30.3 Å². The van der Waals surface area contributed by atoms with E-state index in [1.54, 1.807) is 38.6 Å². The highest BCUT2D eigenvalue weighted by Gasteiger charge is 2.17. The Labute approximate surface area is 152 Å². The second kappa shape index (κ2) is 7.04. The Kier molecular flexibility index (Phi) is 4.80. The molecule has 1 N–H and O–H groups in total. The molecule has 0 bridgehead atoms. The van der Waals surface area contributed by atoms with Gasteiger partial charge in [0.15, 0.2) is 0 Å². The quantitative estimate of drug-likeness (QED) is 0.719. The maximum absolute atomic E-state index is 11.2. The standard InChI is InChI=1S/C21H21NO4/c1-12(2)20-18(25-3)9-16(10-19(20)26-4)17-8-15-7-13(21(23)24)5-6-14(15)11-22-17/h5-12H,1-4H3,(H,23,24). The van der Waals surface area contributed by atoms with Crippen LogP contribution in [0, 0.1) is 0 Å². The van der Waals surface area contributed by atoms with E-state index in [9.17, 15) is 9.90 Å². The first-order chi connectivity index (χ1) is 12.4. The molecule has 0 atom stereocenters. The molecule has 0 aliphatic heterocycles. The minimum Gasteiger partial charge on any atom is -0.496 e. The van der Waals surface area contributed by atoms with Gasteiger partial charge in [-0.15, -0.1) is 0 Å². The number of benzene rings is 2. The van der Waals surface area contributed by atoms with Gasteiger partial charge in [0, 0.05) is 22.7 Å². The van der Waals surface area contributed by atoms with Gasteiger partial charge in [-0.05, 0) is 41.6 Å². The summed E-state index contributed by atoms with van der Waals surface area (Å²) in [6.45, 7) is 4.17. The molecule has 3 aromatic rings. The largest absolute Gasteiger partial charge is 0.496 e. The number of aromatic carboxylic acids is 1. The molecule has 0 saturated heterocycles. The van der Waals surface area contributed by atoms with Crippen LogP contribution in [0.4, 0.5) is 0 Å². The minimum absolute atomic E-state index is 0.247. The zero-order valence-corrected chi connectivity index (χ0v) is 15.2. The van der Waals surface area contributed by atoms with Crippen molar-refractivity contribution in [2.24, 2.45) is 0 Å². The number of carboxylic acid groups (broad SMARTS) is 1. The third kappa shape index (κ3) is 3.20. The van der Waals surface area contributed by atoms with Gasteiger partial charge < -0.3 is 14.6 Å². The van der Waals surface area contributed by atoms with Crippen molar-refractivity contribution in [1.29, 1.82) is 0 Å². The molecule has 0 aliphatic rings. The second-order valence-electron chi connectivity index (χ2n) is 6.39. The lowest BCUT2D eigenvalue weighted by Gasteiger charge is -2.18. The summed E-state index contributed by atoms with van der Waals surface area (Å²) < 4.78 is 11.1. The molecule has 0 radical (unpaired) electrons. The van der Waals surface area contributed by atoms with Gasteiger partial charge in [-0.25, -0.2) is 4.79 Å². The highest BCUT2D eigenvalue weighted by molar-refractivity contribution is 5.95. The highest BCUT2D eigenvalue weighted by atomic mass is 16.5. The van der Waals surface area contributed by atoms with Crippen LogP contribution in [-0.2, 0) is 0 Å². The molecule has 0 unspecified atom stereocenters. The normalized spacial score (nSPS) is 11.0. The number of rotatable bonds is 5. The van der Waals surface area contributed by atoms with Gasteiger partial charge >= 0.3 is 5.97 Å². The first-order valence-corrected chi connectivity index (χ1v) is 8.34. The number of pyridine rings is 1. The van der Waals surface area contributed by atoms with E-state index in [1.165, 1.54) is 0 Å². The maximum atomic E-state index is 11.2. The first-order valence-electron chi connectivity index (χ1n) is 8.34. The van der Waals surface area contributed by atoms with E-state index in [4.69, 9.17) is 9.47 Å². The predicted molar refractivity (Wildman–Crippen MR) is 101 cm³/mol. The fraction of sp³-hybridized carbons (Fsp3) is 0.238. The molecule has 5 nitrogen and oxygen atoms in total. The fourth-order valence-electron chi connectivity index (χ4n) is 3.09. The van der Waals surface area contributed by atoms with Gasteiger partial charge in [0.2, 0.25) is 0 Å². The molecule has 0 aliphatic carbocycles. The number of hydrogen-bond donors (Lipinski definition) is 1. The van der Waals surface area contributed by atoms with Crippen molar-refractivity contribution in [1.82, 2.24) is 4.98 Å². The summed E-state index contributed by atoms with van der Waals surface area (Å²) in [6, 6.07) is 10.7. The van der Waals surface area contributed by atoms with E-state index in [-0.39, 0.29) is 11.5 Å². The summed E-state index contributed by atoms with van der Waals surface area (Å²) in [5.41, 5.74) is 2.84. The maximum Gasteiger partial charge on any atom is 0.335 e. The van der Waals surface area contributed by atoms with Crippen LogP contribution in [0.25, 0.3) is 22.0 Å². The summed E-state index contributed by atoms with van der Waals surface area (Å²) in [7, 11) is 3.27. The number of methoxy groups -OCH3 is 2. The van der Waals surface area contributed by atoms with Crippen molar-refractivity contribution in [3.63, 3.8) is 0 Å². The number of fused-ring (bicyclic) bond motifs is 1. The minimum atomic E-state index is -0.949. The Morgan fingerprint density at radius 2 is 1.65 bits per heavy atom. The summed E-state index contributed by atoms with van der Waals surface area (Å²) in [5.74, 6) is 0.789. The lowest BCUT2D eigenvalue weighted by atomic mass is 9.97. The van der Waals surface area contributed by atoms with Gasteiger partial charge in [0.1, 0.15) is 11.5 Å². The Balaban J connectivity index is 2.17. The zero-order chi connectivity index (χ0) is 18.8. The monoisotopic (exact) mass is 351 g/mol. The third-order valence-corrected chi connectivity index (χ3v) is 4.39. The Hall–Kier alpha value is -3.08. The number of hydrogen-bond acceptors (Lipinski definition) is 4. The molecule has 5 heteroatoms. The van der Waals surface area contributed by atoms with Gasteiger partial charge in [-0.1, -0.05) is 19.9 Å². The SMILES string of the molecule is COc1cc(-c2cc3cc(C(=O)O)ccc3cn2)cc(OC)c1C(C)C. The number of ether oxygens (including phenoxy) is 2. The van der Waals surface area contributed by atoms with E-state index >= 15 is 0 Å². The molecule has 0 fully saturated rings. The van der Waals surface area contributed by atoms with Crippen LogP contribution >= 0.6 is 0 Å². The molecule has 3 rings (SSSR count). The molecule has 0 saturated carbocycles. The molecule has 26 heavy (non-hydrogen) atoms. The molecule has 2 aromatic carbocycles. The van der Waals surface area contributed by atoms with Crippen molar-refractivity contribution in [3.8, 4) is 22.8 Å². The van der Waals surface area contributed by atoms with Crippen molar-refractivity contribution in [2.45, 2.75) is 19.8 Å². The number of carboxylic acids is 1. The Morgan fingerprint density at radius 3 is 2.19 bits per heavy atom. The van der Waals surface area contributed by atoms with E-state index in [1.807, 2.05) is 18.2 Å². The average Bonchev–Trinajstić information content (AvgIpc) is 2.65. The first kappa shape index (κ1) is 17.7. The average molecular weight is 351 g/mol. The van der Waals surface area contributed by atoms with Gasteiger partial charge in [0.05, 0.1) is 25.5 Å². The molecule has 0 spiro atoms. The van der Waals surface area contributed by atoms with Crippen molar-refractivity contribution < 1.29 is 19.4 Å². The zero-order valence-electron chi connectivity index (χ0n) is 15.2. The van der Waals surface area contributed by atoms with Crippen molar-refractivity contribution >= 4 is 16.7 Å². The van der Waals surface area contributed by atoms with Crippen molar-refractivity contribution in [3.05, 3.63) is 53.7 Å². The number of carbonyl (C=O) groups is 1. The molecular weight excluding hydrogens is 330 g/mol. The number of aromatic nitrogens is 1. The number of nitrogens with zero attached hydrogens (tertiary/aromatic N) is 1. The third-order valence-electron chi connectivity index (χ3n) is 4.39. The molecule has 0 amide bonds. The van der Waals surface area contributed by atoms with E-state index in [0.717, 1.165) is 39.1 Å². The van der Waals surface area contributed by atoms with E-state index in [2.05, 4.69) is 18.8 Å². The van der Waals surface area contributed by atoms with Crippen LogP contribution in [0.15, 0.2) is 42.6 Å². The summed E-state index contributed by atoms with van der Waals surface area (Å²) in [4.78, 5) is 15.7. The van der Waals surface area contributed by atoms with Crippen LogP contribution in [0.2, 0.25) is 0 Å². The van der Waals surface area contributed by atoms with Gasteiger partial charge in [-0.3, -0.25) is 4.98 Å². The van der Waals surface area contributed by atoms with Crippen LogP contribution in [0.5, 0.6) is 11.5 Å². The Morgan fingerprint density at radius 1 is 1.00 bits per heavy atom. The summed E-state index contributed by atoms with van der Waals surface area (Å²) >= 11 is 0. The molecule has 1 aromatic heterocycles. The molecule has 134 valence electrons. The molecular formula is C21H21NO4. The van der Waals surface area contributed by atoms with Crippen LogP contribution in [0.3, 0.4) is 0 Å². The van der Waals surface area contributed by atoms with E-state index in [0.29, 0.717) is 0 Å². The van der Waals surface area contributed by atoms with Gasteiger partial charge in [-0.2, -0.15) is 0 Å². The van der Waals surface area contributed by atoms with E-state index < -0.39 is 5.97 Å². The Bertz CT molecular complexity index is 954. The second-order valence-corrected chi connectivity index (χ2v) is 6.39. The molecule has 1 heterocycles. The lowest BCUT2D eigenvalue weighted by Crippen LogP contribution is -2.00. The fourth-order valence-corrected chi connectivity index (χ4v) is 3.09. The van der Waals surface area contributed by atoms with Crippen molar-refractivity contribution in [2.75, 3.05) is 14.2 Å². The summed E-state index contributed by atoms with van der Waals surface area (Å²) in [6.07, 6.45) is 1.74.